The molecule has 0 aliphatic carbocycles. The van der Waals surface area contributed by atoms with Crippen LogP contribution in [0.15, 0.2) is 4.90 Å². The number of H-pyrrole nitrogens is 1. The van der Waals surface area contributed by atoms with Crippen LogP contribution in [-0.4, -0.2) is 25.2 Å². The third kappa shape index (κ3) is 4.95. The first kappa shape index (κ1) is 16.2. The molecule has 5 nitrogen and oxygen atoms in total. The maximum atomic E-state index is 12.1. The van der Waals surface area contributed by atoms with Crippen LogP contribution in [-0.2, 0) is 10.0 Å². The maximum absolute atomic E-state index is 12.1. The van der Waals surface area contributed by atoms with Crippen molar-refractivity contribution >= 4 is 10.0 Å². The van der Waals surface area contributed by atoms with Gasteiger partial charge in [0, 0.05) is 6.54 Å². The Balaban J connectivity index is 2.36. The summed E-state index contributed by atoms with van der Waals surface area (Å²) in [7, 11) is -3.42. The van der Waals surface area contributed by atoms with Crippen molar-refractivity contribution in [3.8, 4) is 0 Å². The number of hydrogen-bond donors (Lipinski definition) is 2. The van der Waals surface area contributed by atoms with E-state index in [4.69, 9.17) is 0 Å². The Morgan fingerprint density at radius 2 is 1.74 bits per heavy atom. The standard InChI is InChI=1S/C13H25N3O2S/c1-4-5-6-7-8-9-10-14-19(17,18)13-11(2)15-16-12(13)3/h14H,4-10H2,1-3H3,(H,15,16). The van der Waals surface area contributed by atoms with Crippen LogP contribution in [0.4, 0.5) is 0 Å². The van der Waals surface area contributed by atoms with E-state index in [1.807, 2.05) is 0 Å². The summed E-state index contributed by atoms with van der Waals surface area (Å²) < 4.78 is 26.8. The van der Waals surface area contributed by atoms with Gasteiger partial charge in [0.2, 0.25) is 10.0 Å². The molecule has 0 atom stereocenters. The average molecular weight is 287 g/mol. The van der Waals surface area contributed by atoms with Crippen LogP contribution >= 0.6 is 0 Å². The summed E-state index contributed by atoms with van der Waals surface area (Å²) in [6.07, 6.45) is 6.87. The third-order valence-electron chi connectivity index (χ3n) is 3.15. The van der Waals surface area contributed by atoms with Crippen molar-refractivity contribution in [3.05, 3.63) is 11.4 Å². The number of hydrogen-bond acceptors (Lipinski definition) is 3. The second-order valence-corrected chi connectivity index (χ2v) is 6.63. The Morgan fingerprint density at radius 3 is 2.32 bits per heavy atom. The summed E-state index contributed by atoms with van der Waals surface area (Å²) >= 11 is 0. The van der Waals surface area contributed by atoms with Gasteiger partial charge in [0.1, 0.15) is 4.90 Å². The number of nitrogens with zero attached hydrogens (tertiary/aromatic N) is 1. The lowest BCUT2D eigenvalue weighted by atomic mass is 10.1. The van der Waals surface area contributed by atoms with Gasteiger partial charge in [0.05, 0.1) is 11.4 Å². The topological polar surface area (TPSA) is 74.8 Å². The lowest BCUT2D eigenvalue weighted by Crippen LogP contribution is -2.25. The zero-order chi connectivity index (χ0) is 14.3. The van der Waals surface area contributed by atoms with E-state index in [9.17, 15) is 8.42 Å². The Morgan fingerprint density at radius 1 is 1.11 bits per heavy atom. The van der Waals surface area contributed by atoms with E-state index in [1.54, 1.807) is 13.8 Å². The van der Waals surface area contributed by atoms with Gasteiger partial charge < -0.3 is 0 Å². The summed E-state index contributed by atoms with van der Waals surface area (Å²) in [5, 5.41) is 6.62. The number of aryl methyl sites for hydroxylation is 2. The van der Waals surface area contributed by atoms with Crippen LogP contribution in [0.2, 0.25) is 0 Å². The molecule has 1 heterocycles. The zero-order valence-corrected chi connectivity index (χ0v) is 12.9. The Labute approximate surface area is 116 Å². The first-order valence-corrected chi connectivity index (χ1v) is 8.48. The van der Waals surface area contributed by atoms with Gasteiger partial charge in [-0.05, 0) is 20.3 Å². The van der Waals surface area contributed by atoms with E-state index in [0.29, 0.717) is 22.8 Å². The van der Waals surface area contributed by atoms with Crippen molar-refractivity contribution in [2.75, 3.05) is 6.54 Å². The number of sulfonamides is 1. The van der Waals surface area contributed by atoms with Gasteiger partial charge in [0.25, 0.3) is 0 Å². The molecule has 0 saturated carbocycles. The van der Waals surface area contributed by atoms with Crippen LogP contribution in [0.25, 0.3) is 0 Å². The molecule has 6 heteroatoms. The second-order valence-electron chi connectivity index (χ2n) is 4.93. The number of nitrogens with one attached hydrogen (secondary N) is 2. The molecule has 0 spiro atoms. The highest BCUT2D eigenvalue weighted by Crippen LogP contribution is 2.16. The highest BCUT2D eigenvalue weighted by atomic mass is 32.2. The van der Waals surface area contributed by atoms with Crippen LogP contribution in [0, 0.1) is 13.8 Å². The number of aromatic amines is 1. The fourth-order valence-electron chi connectivity index (χ4n) is 2.12. The minimum absolute atomic E-state index is 0.290. The van der Waals surface area contributed by atoms with Gasteiger partial charge in [-0.25, -0.2) is 13.1 Å². The summed E-state index contributed by atoms with van der Waals surface area (Å²) in [6.45, 7) is 6.10. The molecule has 0 amide bonds. The monoisotopic (exact) mass is 287 g/mol. The number of unbranched alkanes of at least 4 members (excludes halogenated alkanes) is 5. The van der Waals surface area contributed by atoms with E-state index >= 15 is 0 Å². The van der Waals surface area contributed by atoms with Gasteiger partial charge in [-0.2, -0.15) is 5.10 Å². The molecule has 0 fully saturated rings. The molecule has 0 aliphatic rings. The van der Waals surface area contributed by atoms with Crippen LogP contribution < -0.4 is 4.72 Å². The molecule has 0 unspecified atom stereocenters. The summed E-state index contributed by atoms with van der Waals surface area (Å²) in [5.74, 6) is 0. The lowest BCUT2D eigenvalue weighted by Gasteiger charge is -2.06. The minimum atomic E-state index is -3.42. The van der Waals surface area contributed by atoms with Gasteiger partial charge >= 0.3 is 0 Å². The smallest absolute Gasteiger partial charge is 0.244 e. The molecule has 1 rings (SSSR count). The molecule has 1 aromatic heterocycles. The lowest BCUT2D eigenvalue weighted by molar-refractivity contribution is 0.567. The molecular weight excluding hydrogens is 262 g/mol. The van der Waals surface area contributed by atoms with Crippen molar-refractivity contribution in [3.63, 3.8) is 0 Å². The highest BCUT2D eigenvalue weighted by Gasteiger charge is 2.21. The molecule has 0 aliphatic heterocycles. The minimum Gasteiger partial charge on any atom is -0.281 e. The molecule has 19 heavy (non-hydrogen) atoms. The van der Waals surface area contributed by atoms with E-state index < -0.39 is 10.0 Å². The predicted molar refractivity (Wildman–Crippen MR) is 76.6 cm³/mol. The Bertz CT molecular complexity index is 461. The van der Waals surface area contributed by atoms with Crippen LogP contribution in [0.1, 0.15) is 56.8 Å². The van der Waals surface area contributed by atoms with Crippen LogP contribution in [0.3, 0.4) is 0 Å². The molecular formula is C13H25N3O2S. The van der Waals surface area contributed by atoms with Gasteiger partial charge in [-0.3, -0.25) is 5.10 Å². The first-order valence-electron chi connectivity index (χ1n) is 7.00. The van der Waals surface area contributed by atoms with Gasteiger partial charge in [-0.15, -0.1) is 0 Å². The molecule has 0 bridgehead atoms. The normalized spacial score (nSPS) is 11.9. The Kier molecular flexibility index (Phi) is 6.51. The summed E-state index contributed by atoms with van der Waals surface area (Å²) in [4.78, 5) is 0.290. The number of rotatable bonds is 9. The van der Waals surface area contributed by atoms with Crippen molar-refractivity contribution in [2.24, 2.45) is 0 Å². The fourth-order valence-corrected chi connectivity index (χ4v) is 3.56. The van der Waals surface area contributed by atoms with Gasteiger partial charge in [-0.1, -0.05) is 39.0 Å². The van der Waals surface area contributed by atoms with E-state index in [2.05, 4.69) is 21.8 Å². The highest BCUT2D eigenvalue weighted by molar-refractivity contribution is 7.89. The molecule has 1 aromatic rings. The average Bonchev–Trinajstić information content (AvgIpc) is 2.68. The van der Waals surface area contributed by atoms with E-state index in [0.717, 1.165) is 12.8 Å². The molecule has 110 valence electrons. The molecule has 0 saturated heterocycles. The fraction of sp³-hybridized carbons (Fsp3) is 0.769. The van der Waals surface area contributed by atoms with E-state index in [-0.39, 0.29) is 0 Å². The summed E-state index contributed by atoms with van der Waals surface area (Å²) in [5.41, 5.74) is 1.11. The van der Waals surface area contributed by atoms with Gasteiger partial charge in [0.15, 0.2) is 0 Å². The zero-order valence-electron chi connectivity index (χ0n) is 12.1. The van der Waals surface area contributed by atoms with Crippen LogP contribution in [0.5, 0.6) is 0 Å². The largest absolute Gasteiger partial charge is 0.281 e. The Hall–Kier alpha value is -0.880. The SMILES string of the molecule is CCCCCCCCNS(=O)(=O)c1c(C)n[nH]c1C. The second kappa shape index (κ2) is 7.65. The van der Waals surface area contributed by atoms with Crippen molar-refractivity contribution in [1.82, 2.24) is 14.9 Å². The molecule has 0 radical (unpaired) electrons. The van der Waals surface area contributed by atoms with E-state index in [1.165, 1.54) is 25.7 Å². The van der Waals surface area contributed by atoms with Crippen molar-refractivity contribution in [1.29, 1.82) is 0 Å². The van der Waals surface area contributed by atoms with Crippen molar-refractivity contribution < 1.29 is 8.42 Å². The molecule has 0 aromatic carbocycles. The maximum Gasteiger partial charge on any atom is 0.244 e. The number of aromatic nitrogens is 2. The summed E-state index contributed by atoms with van der Waals surface area (Å²) in [6, 6.07) is 0. The first-order chi connectivity index (χ1) is 8.99. The van der Waals surface area contributed by atoms with Crippen molar-refractivity contribution in [2.45, 2.75) is 64.2 Å². The molecule has 2 N–H and O–H groups in total. The predicted octanol–water partition coefficient (Wildman–Crippen LogP) is 2.67. The quantitative estimate of drug-likeness (QED) is 0.686. The third-order valence-corrected chi connectivity index (χ3v) is 4.87.